The third-order valence-electron chi connectivity index (χ3n) is 6.32. The minimum Gasteiger partial charge on any atom is -0.459 e. The molecule has 0 aliphatic carbocycles. The highest BCUT2D eigenvalue weighted by atomic mass is 16.6. The number of piperazine rings is 1. The average molecular weight is 486 g/mol. The van der Waals surface area contributed by atoms with Crippen LogP contribution in [0.5, 0.6) is 0 Å². The van der Waals surface area contributed by atoms with E-state index in [1.54, 1.807) is 76.5 Å². The molecule has 1 aliphatic rings. The molecule has 1 aliphatic heterocycles. The highest BCUT2D eigenvalue weighted by Crippen LogP contribution is 2.34. The van der Waals surface area contributed by atoms with Gasteiger partial charge in [-0.2, -0.15) is 0 Å². The Kier molecular flexibility index (Phi) is 6.07. The number of rotatable bonds is 6. The number of furan rings is 1. The predicted octanol–water partition coefficient (Wildman–Crippen LogP) is 3.35. The number of para-hydroxylation sites is 1. The fourth-order valence-electron chi connectivity index (χ4n) is 4.57. The minimum atomic E-state index is -0.841. The molecule has 1 amide bonds. The van der Waals surface area contributed by atoms with Crippen LogP contribution in [0.3, 0.4) is 0 Å². The van der Waals surface area contributed by atoms with E-state index >= 15 is 0 Å². The molecule has 10 nitrogen and oxygen atoms in total. The number of hydrogen-bond donors (Lipinski definition) is 0. The second-order valence-corrected chi connectivity index (χ2v) is 8.41. The van der Waals surface area contributed by atoms with Crippen molar-refractivity contribution in [3.63, 3.8) is 0 Å². The molecular weight excluding hydrogens is 464 g/mol. The van der Waals surface area contributed by atoms with Crippen molar-refractivity contribution < 1.29 is 18.9 Å². The van der Waals surface area contributed by atoms with Crippen molar-refractivity contribution in [3.8, 4) is 0 Å². The Labute approximate surface area is 205 Å². The molecule has 3 heterocycles. The molecule has 0 saturated carbocycles. The number of carbonyl (C=O) groups excluding carboxylic acids is 2. The van der Waals surface area contributed by atoms with Gasteiger partial charge in [0.2, 0.25) is 0 Å². The molecule has 0 atom stereocenters. The number of anilines is 1. The molecule has 4 aromatic rings. The maximum atomic E-state index is 13.4. The van der Waals surface area contributed by atoms with E-state index in [9.17, 15) is 24.5 Å². The fourth-order valence-corrected chi connectivity index (χ4v) is 4.57. The molecule has 1 fully saturated rings. The van der Waals surface area contributed by atoms with Crippen molar-refractivity contribution in [1.82, 2.24) is 9.47 Å². The van der Waals surface area contributed by atoms with E-state index in [-0.39, 0.29) is 29.7 Å². The number of ketones is 1. The zero-order valence-electron chi connectivity index (χ0n) is 19.2. The smallest absolute Gasteiger partial charge is 0.357 e. The number of amides is 1. The number of carbonyl (C=O) groups is 2. The Morgan fingerprint density at radius 1 is 0.917 bits per heavy atom. The summed E-state index contributed by atoms with van der Waals surface area (Å²) in [5.74, 6) is -0.352. The van der Waals surface area contributed by atoms with Gasteiger partial charge >= 0.3 is 11.2 Å². The number of nitro groups is 1. The Morgan fingerprint density at radius 3 is 2.28 bits per heavy atom. The molecule has 0 bridgehead atoms. The quantitative estimate of drug-likeness (QED) is 0.233. The van der Waals surface area contributed by atoms with Crippen molar-refractivity contribution in [3.05, 3.63) is 105 Å². The van der Waals surface area contributed by atoms with Crippen LogP contribution in [0.15, 0.2) is 82.2 Å². The van der Waals surface area contributed by atoms with E-state index in [1.807, 2.05) is 0 Å². The molecule has 182 valence electrons. The fraction of sp³-hybridized carbons (Fsp3) is 0.192. The molecule has 0 N–H and O–H groups in total. The molecule has 1 saturated heterocycles. The molecule has 2 aromatic carbocycles. The maximum absolute atomic E-state index is 13.4. The number of hydrogen-bond acceptors (Lipinski definition) is 7. The summed E-state index contributed by atoms with van der Waals surface area (Å²) in [5, 5.41) is 12.7. The maximum Gasteiger partial charge on any atom is 0.357 e. The molecule has 36 heavy (non-hydrogen) atoms. The van der Waals surface area contributed by atoms with Crippen LogP contribution >= 0.6 is 0 Å². The van der Waals surface area contributed by atoms with Gasteiger partial charge in [-0.05, 0) is 18.2 Å². The second kappa shape index (κ2) is 9.49. The number of Topliss-reactive ketones (excluding diaryl/α,β-unsaturated/α-hetero) is 1. The van der Waals surface area contributed by atoms with Crippen LogP contribution in [0.2, 0.25) is 0 Å². The summed E-state index contributed by atoms with van der Waals surface area (Å²) in [7, 11) is 0. The Hall–Kier alpha value is -4.73. The zero-order valence-corrected chi connectivity index (χ0v) is 19.2. The summed E-state index contributed by atoms with van der Waals surface area (Å²) in [4.78, 5) is 53.8. The first-order valence-corrected chi connectivity index (χ1v) is 11.4. The third-order valence-corrected chi connectivity index (χ3v) is 6.32. The number of benzene rings is 2. The van der Waals surface area contributed by atoms with E-state index in [4.69, 9.17) is 4.42 Å². The highest BCUT2D eigenvalue weighted by molar-refractivity contribution is 6.00. The van der Waals surface area contributed by atoms with Crippen LogP contribution in [0.1, 0.15) is 20.9 Å². The van der Waals surface area contributed by atoms with Gasteiger partial charge in [-0.3, -0.25) is 29.1 Å². The standard InChI is InChI=1S/C26H22N4O6/c31-21(18-7-2-1-3-8-18)17-29-20-10-5-4-9-19(20)23(24(26(29)33)30(34)35)27-12-14-28(15-13-27)25(32)22-11-6-16-36-22/h1-11,16H,12-15,17H2. The van der Waals surface area contributed by atoms with Crippen molar-refractivity contribution in [2.24, 2.45) is 0 Å². The molecule has 0 radical (unpaired) electrons. The van der Waals surface area contributed by atoms with Crippen LogP contribution in [-0.2, 0) is 6.54 Å². The summed E-state index contributed by atoms with van der Waals surface area (Å²) >= 11 is 0. The van der Waals surface area contributed by atoms with E-state index in [2.05, 4.69) is 0 Å². The summed E-state index contributed by atoms with van der Waals surface area (Å²) in [6.45, 7) is 0.879. The normalized spacial score (nSPS) is 13.7. The van der Waals surface area contributed by atoms with Crippen LogP contribution in [-0.4, -0.2) is 52.3 Å². The summed E-state index contributed by atoms with van der Waals surface area (Å²) in [5.41, 5.74) is -0.374. The number of pyridine rings is 1. The van der Waals surface area contributed by atoms with E-state index in [1.165, 1.54) is 10.8 Å². The van der Waals surface area contributed by atoms with Gasteiger partial charge in [0.1, 0.15) is 5.69 Å². The van der Waals surface area contributed by atoms with E-state index < -0.39 is 16.2 Å². The van der Waals surface area contributed by atoms with Crippen molar-refractivity contribution in [1.29, 1.82) is 0 Å². The average Bonchev–Trinajstić information content (AvgIpc) is 3.45. The Morgan fingerprint density at radius 2 is 1.61 bits per heavy atom. The van der Waals surface area contributed by atoms with Gasteiger partial charge in [0, 0.05) is 37.1 Å². The van der Waals surface area contributed by atoms with Crippen LogP contribution in [0.25, 0.3) is 10.9 Å². The van der Waals surface area contributed by atoms with Gasteiger partial charge in [0.15, 0.2) is 11.5 Å². The van der Waals surface area contributed by atoms with E-state index in [0.29, 0.717) is 42.6 Å². The van der Waals surface area contributed by atoms with Crippen molar-refractivity contribution >= 4 is 34.0 Å². The second-order valence-electron chi connectivity index (χ2n) is 8.41. The lowest BCUT2D eigenvalue weighted by Gasteiger charge is -2.36. The van der Waals surface area contributed by atoms with Crippen LogP contribution in [0.4, 0.5) is 11.4 Å². The molecule has 0 unspecified atom stereocenters. The first-order chi connectivity index (χ1) is 17.5. The number of aromatic nitrogens is 1. The lowest BCUT2D eigenvalue weighted by atomic mass is 10.1. The van der Waals surface area contributed by atoms with Crippen molar-refractivity contribution in [2.75, 3.05) is 31.1 Å². The van der Waals surface area contributed by atoms with Gasteiger partial charge in [-0.25, -0.2) is 0 Å². The third kappa shape index (κ3) is 4.13. The summed E-state index contributed by atoms with van der Waals surface area (Å²) in [6.07, 6.45) is 1.43. The lowest BCUT2D eigenvalue weighted by Crippen LogP contribution is -2.49. The van der Waals surface area contributed by atoms with Gasteiger partial charge in [-0.1, -0.05) is 48.5 Å². The topological polar surface area (TPSA) is 119 Å². The molecular formula is C26H22N4O6. The Balaban J connectivity index is 1.53. The first-order valence-electron chi connectivity index (χ1n) is 11.4. The minimum absolute atomic E-state index is 0.203. The monoisotopic (exact) mass is 486 g/mol. The van der Waals surface area contributed by atoms with Gasteiger partial charge < -0.3 is 14.2 Å². The van der Waals surface area contributed by atoms with Crippen LogP contribution in [0, 0.1) is 10.1 Å². The predicted molar refractivity (Wildman–Crippen MR) is 132 cm³/mol. The number of nitrogens with zero attached hydrogens (tertiary/aromatic N) is 4. The largest absolute Gasteiger partial charge is 0.459 e. The molecule has 5 rings (SSSR count). The zero-order chi connectivity index (χ0) is 25.2. The van der Waals surface area contributed by atoms with E-state index in [0.717, 1.165) is 0 Å². The molecule has 0 spiro atoms. The van der Waals surface area contributed by atoms with Crippen LogP contribution < -0.4 is 10.5 Å². The molecule has 10 heteroatoms. The van der Waals surface area contributed by atoms with Crippen molar-refractivity contribution in [2.45, 2.75) is 6.54 Å². The van der Waals surface area contributed by atoms with Gasteiger partial charge in [0.25, 0.3) is 5.91 Å². The summed E-state index contributed by atoms with van der Waals surface area (Å²) < 4.78 is 6.36. The first kappa shape index (κ1) is 23.0. The lowest BCUT2D eigenvalue weighted by molar-refractivity contribution is -0.385. The molecule has 2 aromatic heterocycles. The Bertz CT molecular complexity index is 1500. The van der Waals surface area contributed by atoms with Gasteiger partial charge in [0.05, 0.1) is 23.2 Å². The van der Waals surface area contributed by atoms with Gasteiger partial charge in [-0.15, -0.1) is 0 Å². The SMILES string of the molecule is O=C(Cn1c(=O)c([N+](=O)[O-])c(N2CCN(C(=O)c3ccco3)CC2)c2ccccc21)c1ccccc1. The number of fused-ring (bicyclic) bond motifs is 1. The summed E-state index contributed by atoms with van der Waals surface area (Å²) in [6, 6.07) is 18.6. The highest BCUT2D eigenvalue weighted by Gasteiger charge is 2.33.